The second-order valence-corrected chi connectivity index (χ2v) is 5.57. The van der Waals surface area contributed by atoms with Crippen LogP contribution in [0, 0.1) is 0 Å². The number of carboxylic acid groups (broad SMARTS) is 1. The second kappa shape index (κ2) is 6.71. The van der Waals surface area contributed by atoms with E-state index in [1.165, 1.54) is 11.8 Å². The first-order chi connectivity index (χ1) is 10.1. The normalized spacial score (nSPS) is 17.9. The molecule has 1 aliphatic heterocycles. The van der Waals surface area contributed by atoms with Gasteiger partial charge in [-0.3, -0.25) is 9.59 Å². The van der Waals surface area contributed by atoms with Crippen LogP contribution in [-0.2, 0) is 9.59 Å². The van der Waals surface area contributed by atoms with Crippen molar-refractivity contribution >= 4 is 23.6 Å². The molecule has 0 aliphatic carbocycles. The lowest BCUT2D eigenvalue weighted by Gasteiger charge is -2.25. The minimum Gasteiger partial charge on any atom is -0.497 e. The summed E-state index contributed by atoms with van der Waals surface area (Å²) < 4.78 is 10.6. The van der Waals surface area contributed by atoms with Crippen LogP contribution in [0.15, 0.2) is 18.2 Å². The van der Waals surface area contributed by atoms with Gasteiger partial charge in [-0.05, 0) is 18.2 Å². The van der Waals surface area contributed by atoms with Crippen LogP contribution in [0.2, 0.25) is 0 Å². The molecule has 1 amide bonds. The van der Waals surface area contributed by atoms with Gasteiger partial charge in [0.2, 0.25) is 5.91 Å². The monoisotopic (exact) mass is 311 g/mol. The van der Waals surface area contributed by atoms with E-state index >= 15 is 0 Å². The number of rotatable bonds is 6. The number of amides is 1. The van der Waals surface area contributed by atoms with Gasteiger partial charge in [-0.2, -0.15) is 0 Å². The first-order valence-corrected chi connectivity index (χ1v) is 7.46. The molecule has 0 bridgehead atoms. The van der Waals surface area contributed by atoms with Crippen molar-refractivity contribution in [3.05, 3.63) is 23.8 Å². The molecule has 0 unspecified atom stereocenters. The summed E-state index contributed by atoms with van der Waals surface area (Å²) in [5.74, 6) is 0.685. The van der Waals surface area contributed by atoms with Gasteiger partial charge < -0.3 is 19.5 Å². The van der Waals surface area contributed by atoms with E-state index in [0.29, 0.717) is 17.3 Å². The Morgan fingerprint density at radius 2 is 2.19 bits per heavy atom. The number of carbonyl (C=O) groups excluding carboxylic acids is 1. The number of benzene rings is 1. The molecule has 114 valence electrons. The molecule has 1 N–H and O–H groups in total. The summed E-state index contributed by atoms with van der Waals surface area (Å²) in [7, 11) is 3.13. The number of aliphatic carboxylic acids is 1. The van der Waals surface area contributed by atoms with Crippen molar-refractivity contribution in [2.24, 2.45) is 0 Å². The summed E-state index contributed by atoms with van der Waals surface area (Å²) in [4.78, 5) is 24.3. The van der Waals surface area contributed by atoms with Gasteiger partial charge in [-0.1, -0.05) is 0 Å². The highest BCUT2D eigenvalue weighted by Crippen LogP contribution is 2.43. The van der Waals surface area contributed by atoms with Gasteiger partial charge in [0, 0.05) is 12.1 Å². The topological polar surface area (TPSA) is 76.1 Å². The Kier molecular flexibility index (Phi) is 4.95. The van der Waals surface area contributed by atoms with Crippen molar-refractivity contribution < 1.29 is 24.2 Å². The highest BCUT2D eigenvalue weighted by atomic mass is 32.2. The number of hydrogen-bond donors (Lipinski definition) is 1. The van der Waals surface area contributed by atoms with E-state index in [4.69, 9.17) is 14.6 Å². The molecule has 2 rings (SSSR count). The Bertz CT molecular complexity index is 548. The third kappa shape index (κ3) is 3.41. The van der Waals surface area contributed by atoms with Crippen LogP contribution in [0.4, 0.5) is 0 Å². The van der Waals surface area contributed by atoms with Crippen LogP contribution < -0.4 is 9.47 Å². The smallest absolute Gasteiger partial charge is 0.305 e. The fourth-order valence-electron chi connectivity index (χ4n) is 2.20. The molecule has 7 heteroatoms. The van der Waals surface area contributed by atoms with Crippen molar-refractivity contribution in [3.63, 3.8) is 0 Å². The average molecular weight is 311 g/mol. The van der Waals surface area contributed by atoms with Crippen molar-refractivity contribution in [2.75, 3.05) is 26.5 Å². The van der Waals surface area contributed by atoms with E-state index in [-0.39, 0.29) is 24.2 Å². The first kappa shape index (κ1) is 15.5. The van der Waals surface area contributed by atoms with E-state index in [2.05, 4.69) is 0 Å². The molecule has 1 aromatic rings. The Labute approximate surface area is 127 Å². The van der Waals surface area contributed by atoms with Crippen molar-refractivity contribution in [1.82, 2.24) is 4.90 Å². The van der Waals surface area contributed by atoms with E-state index < -0.39 is 5.97 Å². The van der Waals surface area contributed by atoms with Crippen LogP contribution in [0.5, 0.6) is 11.5 Å². The fourth-order valence-corrected chi connectivity index (χ4v) is 3.43. The second-order valence-electron chi connectivity index (χ2n) is 4.50. The zero-order chi connectivity index (χ0) is 15.4. The van der Waals surface area contributed by atoms with Gasteiger partial charge in [0.05, 0.1) is 26.4 Å². The van der Waals surface area contributed by atoms with Gasteiger partial charge in [0.15, 0.2) is 0 Å². The summed E-state index contributed by atoms with van der Waals surface area (Å²) in [6.07, 6.45) is -0.0743. The third-order valence-corrected chi connectivity index (χ3v) is 4.48. The summed E-state index contributed by atoms with van der Waals surface area (Å²) in [6.45, 7) is 0.187. The highest BCUT2D eigenvalue weighted by Gasteiger charge is 2.34. The lowest BCUT2D eigenvalue weighted by molar-refractivity contribution is -0.138. The molecule has 1 aromatic carbocycles. The van der Waals surface area contributed by atoms with E-state index in [1.807, 2.05) is 6.07 Å². The molecule has 0 radical (unpaired) electrons. The SMILES string of the molecule is COc1ccc(OC)c([C@@H]2SCC(=O)N2CCC(=O)O)c1. The molecular formula is C14H17NO5S. The Morgan fingerprint density at radius 1 is 1.43 bits per heavy atom. The number of nitrogens with zero attached hydrogens (tertiary/aromatic N) is 1. The fraction of sp³-hybridized carbons (Fsp3) is 0.429. The van der Waals surface area contributed by atoms with Gasteiger partial charge in [0.25, 0.3) is 0 Å². The zero-order valence-electron chi connectivity index (χ0n) is 11.9. The number of carbonyl (C=O) groups is 2. The maximum Gasteiger partial charge on any atom is 0.305 e. The molecule has 0 aromatic heterocycles. The molecular weight excluding hydrogens is 294 g/mol. The van der Waals surface area contributed by atoms with Crippen LogP contribution >= 0.6 is 11.8 Å². The van der Waals surface area contributed by atoms with E-state index in [1.54, 1.807) is 31.3 Å². The maximum atomic E-state index is 12.0. The number of thioether (sulfide) groups is 1. The minimum atomic E-state index is -0.920. The lowest BCUT2D eigenvalue weighted by atomic mass is 10.1. The Balaban J connectivity index is 2.29. The third-order valence-electron chi connectivity index (χ3n) is 3.24. The summed E-state index contributed by atoms with van der Waals surface area (Å²) in [6, 6.07) is 5.39. The van der Waals surface area contributed by atoms with Gasteiger partial charge >= 0.3 is 5.97 Å². The molecule has 1 aliphatic rings. The summed E-state index contributed by atoms with van der Waals surface area (Å²) >= 11 is 1.46. The Morgan fingerprint density at radius 3 is 2.81 bits per heavy atom. The maximum absolute atomic E-state index is 12.0. The van der Waals surface area contributed by atoms with Gasteiger partial charge in [-0.25, -0.2) is 0 Å². The standard InChI is InChI=1S/C14H17NO5S/c1-19-9-3-4-11(20-2)10(7-9)14-15(6-5-13(17)18)12(16)8-21-14/h3-4,7,14H,5-6,8H2,1-2H3,(H,17,18)/t14-/m0/s1. The average Bonchev–Trinajstić information content (AvgIpc) is 2.85. The molecule has 0 spiro atoms. The van der Waals surface area contributed by atoms with Crippen LogP contribution in [0.3, 0.4) is 0 Å². The minimum absolute atomic E-state index is 0.0591. The molecule has 6 nitrogen and oxygen atoms in total. The van der Waals surface area contributed by atoms with Crippen LogP contribution in [0.1, 0.15) is 17.4 Å². The number of carboxylic acids is 1. The lowest BCUT2D eigenvalue weighted by Crippen LogP contribution is -2.30. The number of ether oxygens (including phenoxy) is 2. The van der Waals surface area contributed by atoms with E-state index in [0.717, 1.165) is 5.56 Å². The van der Waals surface area contributed by atoms with Gasteiger partial charge in [-0.15, -0.1) is 11.8 Å². The zero-order valence-corrected chi connectivity index (χ0v) is 12.7. The number of hydrogen-bond acceptors (Lipinski definition) is 5. The van der Waals surface area contributed by atoms with Crippen molar-refractivity contribution in [2.45, 2.75) is 11.8 Å². The molecule has 0 saturated carbocycles. The van der Waals surface area contributed by atoms with E-state index in [9.17, 15) is 9.59 Å². The highest BCUT2D eigenvalue weighted by molar-refractivity contribution is 8.00. The summed E-state index contributed by atoms with van der Waals surface area (Å²) in [5.41, 5.74) is 0.818. The molecule has 1 saturated heterocycles. The van der Waals surface area contributed by atoms with Gasteiger partial charge in [0.1, 0.15) is 16.9 Å². The number of methoxy groups -OCH3 is 2. The summed E-state index contributed by atoms with van der Waals surface area (Å²) in [5, 5.41) is 8.56. The first-order valence-electron chi connectivity index (χ1n) is 6.41. The van der Waals surface area contributed by atoms with Crippen LogP contribution in [-0.4, -0.2) is 48.4 Å². The molecule has 1 fully saturated rings. The predicted octanol–water partition coefficient (Wildman–Crippen LogP) is 1.75. The molecule has 1 atom stereocenters. The quantitative estimate of drug-likeness (QED) is 0.862. The van der Waals surface area contributed by atoms with Crippen molar-refractivity contribution in [3.8, 4) is 11.5 Å². The predicted molar refractivity (Wildman–Crippen MR) is 78.7 cm³/mol. The largest absolute Gasteiger partial charge is 0.497 e. The Hall–Kier alpha value is -1.89. The molecule has 1 heterocycles. The van der Waals surface area contributed by atoms with Crippen LogP contribution in [0.25, 0.3) is 0 Å². The molecule has 21 heavy (non-hydrogen) atoms. The van der Waals surface area contributed by atoms with Crippen molar-refractivity contribution in [1.29, 1.82) is 0 Å².